The van der Waals surface area contributed by atoms with Gasteiger partial charge >= 0.3 is 5.97 Å². The van der Waals surface area contributed by atoms with Gasteiger partial charge in [0.15, 0.2) is 11.9 Å². The van der Waals surface area contributed by atoms with Gasteiger partial charge in [-0.1, -0.05) is 41.9 Å². The average molecular weight is 349 g/mol. The fraction of sp³-hybridized carbons (Fsp3) is 0.235. The molecule has 1 aromatic heterocycles. The summed E-state index contributed by atoms with van der Waals surface area (Å²) in [4.78, 5) is 24.0. The number of rotatable bonds is 6. The van der Waals surface area contributed by atoms with Crippen LogP contribution in [0.1, 0.15) is 24.7 Å². The number of esters is 1. The van der Waals surface area contributed by atoms with E-state index in [1.165, 1.54) is 12.2 Å². The van der Waals surface area contributed by atoms with E-state index < -0.39 is 18.0 Å². The molecule has 1 aromatic carbocycles. The summed E-state index contributed by atoms with van der Waals surface area (Å²) in [5.74, 6) is -0.254. The Kier molecular flexibility index (Phi) is 6.14. The van der Waals surface area contributed by atoms with Crippen molar-refractivity contribution < 1.29 is 18.8 Å². The summed E-state index contributed by atoms with van der Waals surface area (Å²) in [5, 5.41) is 6.72. The second-order valence-corrected chi connectivity index (χ2v) is 5.41. The highest BCUT2D eigenvalue weighted by molar-refractivity contribution is 6.32. The molecule has 1 amide bonds. The molecule has 1 N–H and O–H groups in total. The van der Waals surface area contributed by atoms with Gasteiger partial charge < -0.3 is 14.6 Å². The standard InChI is InChI=1S/C17H17ClN2O4/c1-3-14(17(22)19-15-10-11(2)24-20-15)23-16(21)9-8-12-6-4-5-7-13(12)18/h4-10,14H,3H2,1-2H3,(H,19,20,22)/b9-8+. The Morgan fingerprint density at radius 2 is 2.17 bits per heavy atom. The van der Waals surface area contributed by atoms with Gasteiger partial charge in [0.2, 0.25) is 0 Å². The summed E-state index contributed by atoms with van der Waals surface area (Å²) in [7, 11) is 0. The van der Waals surface area contributed by atoms with Gasteiger partial charge in [-0.2, -0.15) is 0 Å². The van der Waals surface area contributed by atoms with Crippen LogP contribution in [0.5, 0.6) is 0 Å². The van der Waals surface area contributed by atoms with Crippen LogP contribution in [-0.4, -0.2) is 23.1 Å². The number of benzene rings is 1. The fourth-order valence-corrected chi connectivity index (χ4v) is 2.10. The van der Waals surface area contributed by atoms with E-state index in [1.807, 2.05) is 0 Å². The van der Waals surface area contributed by atoms with Crippen molar-refractivity contribution in [2.45, 2.75) is 26.4 Å². The van der Waals surface area contributed by atoms with Crippen molar-refractivity contribution >= 4 is 35.4 Å². The first kappa shape index (κ1) is 17.7. The Hall–Kier alpha value is -2.60. The van der Waals surface area contributed by atoms with E-state index in [9.17, 15) is 9.59 Å². The normalized spacial score (nSPS) is 12.1. The molecule has 7 heteroatoms. The topological polar surface area (TPSA) is 81.4 Å². The highest BCUT2D eigenvalue weighted by Crippen LogP contribution is 2.16. The summed E-state index contributed by atoms with van der Waals surface area (Å²) >= 11 is 6.00. The zero-order chi connectivity index (χ0) is 17.5. The molecule has 126 valence electrons. The average Bonchev–Trinajstić information content (AvgIpc) is 2.96. The van der Waals surface area contributed by atoms with Gasteiger partial charge in [0.05, 0.1) is 0 Å². The van der Waals surface area contributed by atoms with Crippen LogP contribution in [0, 0.1) is 6.92 Å². The van der Waals surface area contributed by atoms with E-state index in [2.05, 4.69) is 10.5 Å². The van der Waals surface area contributed by atoms with Crippen molar-refractivity contribution in [3.63, 3.8) is 0 Å². The van der Waals surface area contributed by atoms with Crippen LogP contribution in [0.3, 0.4) is 0 Å². The number of carbonyl (C=O) groups is 2. The highest BCUT2D eigenvalue weighted by Gasteiger charge is 2.21. The highest BCUT2D eigenvalue weighted by atomic mass is 35.5. The van der Waals surface area contributed by atoms with Crippen molar-refractivity contribution in [1.82, 2.24) is 5.16 Å². The lowest BCUT2D eigenvalue weighted by Gasteiger charge is -2.13. The molecule has 0 bridgehead atoms. The van der Waals surface area contributed by atoms with Crippen LogP contribution in [0.2, 0.25) is 5.02 Å². The second kappa shape index (κ2) is 8.31. The molecule has 0 fully saturated rings. The first-order chi connectivity index (χ1) is 11.5. The van der Waals surface area contributed by atoms with E-state index in [4.69, 9.17) is 20.9 Å². The van der Waals surface area contributed by atoms with Crippen LogP contribution >= 0.6 is 11.6 Å². The number of carbonyl (C=O) groups excluding carboxylic acids is 2. The number of halogens is 1. The molecule has 1 heterocycles. The molecule has 0 saturated carbocycles. The summed E-state index contributed by atoms with van der Waals surface area (Å²) in [6, 6.07) is 8.65. The van der Waals surface area contributed by atoms with E-state index in [0.29, 0.717) is 22.8 Å². The number of hydrogen-bond donors (Lipinski definition) is 1. The molecule has 0 radical (unpaired) electrons. The molecule has 0 saturated heterocycles. The lowest BCUT2D eigenvalue weighted by Crippen LogP contribution is -2.31. The Morgan fingerprint density at radius 1 is 1.42 bits per heavy atom. The van der Waals surface area contributed by atoms with Crippen LogP contribution < -0.4 is 5.32 Å². The van der Waals surface area contributed by atoms with Crippen molar-refractivity contribution in [1.29, 1.82) is 0 Å². The third-order valence-corrected chi connectivity index (χ3v) is 3.45. The van der Waals surface area contributed by atoms with Gasteiger partial charge in [0.25, 0.3) is 5.91 Å². The number of aromatic nitrogens is 1. The molecule has 0 aliphatic carbocycles. The van der Waals surface area contributed by atoms with E-state index in [-0.39, 0.29) is 5.82 Å². The second-order valence-electron chi connectivity index (χ2n) is 5.00. The fourth-order valence-electron chi connectivity index (χ4n) is 1.90. The first-order valence-electron chi connectivity index (χ1n) is 7.37. The van der Waals surface area contributed by atoms with Crippen molar-refractivity contribution in [3.05, 3.63) is 52.8 Å². The molecule has 0 aliphatic heterocycles. The van der Waals surface area contributed by atoms with E-state index >= 15 is 0 Å². The van der Waals surface area contributed by atoms with Gasteiger partial charge in [-0.05, 0) is 31.1 Å². The Bertz CT molecular complexity index is 755. The van der Waals surface area contributed by atoms with Crippen LogP contribution in [-0.2, 0) is 14.3 Å². The first-order valence-corrected chi connectivity index (χ1v) is 7.74. The van der Waals surface area contributed by atoms with Gasteiger partial charge in [-0.3, -0.25) is 4.79 Å². The Labute approximate surface area is 144 Å². The number of nitrogens with one attached hydrogen (secondary N) is 1. The predicted molar refractivity (Wildman–Crippen MR) is 90.5 cm³/mol. The van der Waals surface area contributed by atoms with Gasteiger partial charge in [0.1, 0.15) is 5.76 Å². The number of amides is 1. The molecule has 1 atom stereocenters. The van der Waals surface area contributed by atoms with E-state index in [0.717, 1.165) is 0 Å². The number of nitrogens with zero attached hydrogens (tertiary/aromatic N) is 1. The van der Waals surface area contributed by atoms with Crippen LogP contribution in [0.4, 0.5) is 5.82 Å². The minimum absolute atomic E-state index is 0.276. The molecule has 2 aromatic rings. The molecular formula is C17H17ClN2O4. The maximum absolute atomic E-state index is 12.1. The third-order valence-electron chi connectivity index (χ3n) is 3.11. The minimum Gasteiger partial charge on any atom is -0.449 e. The summed E-state index contributed by atoms with van der Waals surface area (Å²) < 4.78 is 10.0. The zero-order valence-corrected chi connectivity index (χ0v) is 14.0. The number of anilines is 1. The Morgan fingerprint density at radius 3 is 2.79 bits per heavy atom. The summed E-state index contributed by atoms with van der Waals surface area (Å²) in [6.45, 7) is 3.45. The van der Waals surface area contributed by atoms with Crippen molar-refractivity contribution in [2.75, 3.05) is 5.32 Å². The predicted octanol–water partition coefficient (Wildman–Crippen LogP) is 3.61. The van der Waals surface area contributed by atoms with Crippen LogP contribution in [0.15, 0.2) is 40.9 Å². The molecule has 1 unspecified atom stereocenters. The number of aryl methyl sites for hydroxylation is 1. The number of ether oxygens (including phenoxy) is 1. The summed E-state index contributed by atoms with van der Waals surface area (Å²) in [6.07, 6.45) is 2.17. The van der Waals surface area contributed by atoms with Crippen LogP contribution in [0.25, 0.3) is 6.08 Å². The van der Waals surface area contributed by atoms with Crippen molar-refractivity contribution in [2.24, 2.45) is 0 Å². The number of hydrogen-bond acceptors (Lipinski definition) is 5. The zero-order valence-electron chi connectivity index (χ0n) is 13.3. The molecule has 0 aliphatic rings. The van der Waals surface area contributed by atoms with Gasteiger partial charge in [-0.15, -0.1) is 0 Å². The monoisotopic (exact) mass is 348 g/mol. The molecule has 2 rings (SSSR count). The minimum atomic E-state index is -0.926. The maximum atomic E-state index is 12.1. The van der Waals surface area contributed by atoms with Crippen molar-refractivity contribution in [3.8, 4) is 0 Å². The molecule has 0 spiro atoms. The lowest BCUT2D eigenvalue weighted by atomic mass is 10.2. The Balaban J connectivity index is 1.95. The van der Waals surface area contributed by atoms with E-state index in [1.54, 1.807) is 44.2 Å². The van der Waals surface area contributed by atoms with Gasteiger partial charge in [0, 0.05) is 17.2 Å². The maximum Gasteiger partial charge on any atom is 0.331 e. The molecule has 6 nitrogen and oxygen atoms in total. The third kappa shape index (κ3) is 4.96. The quantitative estimate of drug-likeness (QED) is 0.637. The lowest BCUT2D eigenvalue weighted by molar-refractivity contribution is -0.149. The smallest absolute Gasteiger partial charge is 0.331 e. The summed E-state index contributed by atoms with van der Waals surface area (Å²) in [5.41, 5.74) is 0.687. The van der Waals surface area contributed by atoms with Gasteiger partial charge in [-0.25, -0.2) is 4.79 Å². The molecule has 24 heavy (non-hydrogen) atoms. The SMILES string of the molecule is CCC(OC(=O)/C=C/c1ccccc1Cl)C(=O)Nc1cc(C)on1. The largest absolute Gasteiger partial charge is 0.449 e. The molecular weight excluding hydrogens is 332 g/mol.